The summed E-state index contributed by atoms with van der Waals surface area (Å²) in [6, 6.07) is 10.6. The SMILES string of the molecule is COc1ccc(-c2nc(CS(=O)(=O)Cc3ccc(Cl)s3)co2)cc1. The highest BCUT2D eigenvalue weighted by molar-refractivity contribution is 7.90. The summed E-state index contributed by atoms with van der Waals surface area (Å²) in [5, 5.41) is 0. The lowest BCUT2D eigenvalue weighted by molar-refractivity contribution is 0.415. The van der Waals surface area contributed by atoms with Crippen molar-refractivity contribution >= 4 is 32.8 Å². The van der Waals surface area contributed by atoms with E-state index in [0.717, 1.165) is 11.3 Å². The van der Waals surface area contributed by atoms with Crippen molar-refractivity contribution in [2.24, 2.45) is 0 Å². The molecule has 0 fully saturated rings. The molecule has 0 spiro atoms. The molecule has 3 aromatic rings. The van der Waals surface area contributed by atoms with Crippen molar-refractivity contribution < 1.29 is 17.6 Å². The highest BCUT2D eigenvalue weighted by Crippen LogP contribution is 2.25. The largest absolute Gasteiger partial charge is 0.497 e. The van der Waals surface area contributed by atoms with Crippen molar-refractivity contribution in [2.75, 3.05) is 7.11 Å². The highest BCUT2D eigenvalue weighted by Gasteiger charge is 2.18. The van der Waals surface area contributed by atoms with E-state index in [1.807, 2.05) is 0 Å². The molecule has 0 saturated carbocycles. The van der Waals surface area contributed by atoms with Gasteiger partial charge in [0.25, 0.3) is 0 Å². The van der Waals surface area contributed by atoms with Gasteiger partial charge in [0.05, 0.1) is 28.6 Å². The number of hydrogen-bond acceptors (Lipinski definition) is 6. The standard InChI is InChI=1S/C16H14ClNO4S2/c1-21-13-4-2-11(3-5-13)16-18-12(8-22-16)9-24(19,20)10-14-6-7-15(17)23-14/h2-8H,9-10H2,1H3. The Kier molecular flexibility index (Phi) is 4.93. The van der Waals surface area contributed by atoms with Gasteiger partial charge in [-0.15, -0.1) is 11.3 Å². The summed E-state index contributed by atoms with van der Waals surface area (Å²) in [5.74, 6) is 0.863. The summed E-state index contributed by atoms with van der Waals surface area (Å²) < 4.78 is 35.6. The molecule has 0 bridgehead atoms. The number of thiophene rings is 1. The van der Waals surface area contributed by atoms with Crippen molar-refractivity contribution in [1.29, 1.82) is 0 Å². The molecule has 0 unspecified atom stereocenters. The molecule has 0 aliphatic carbocycles. The molecule has 2 aromatic heterocycles. The van der Waals surface area contributed by atoms with Crippen LogP contribution < -0.4 is 4.74 Å². The maximum Gasteiger partial charge on any atom is 0.226 e. The third kappa shape index (κ3) is 4.17. The molecule has 24 heavy (non-hydrogen) atoms. The van der Waals surface area contributed by atoms with Gasteiger partial charge >= 0.3 is 0 Å². The van der Waals surface area contributed by atoms with Crippen LogP contribution >= 0.6 is 22.9 Å². The zero-order valence-electron chi connectivity index (χ0n) is 12.7. The van der Waals surface area contributed by atoms with Gasteiger partial charge in [0.1, 0.15) is 12.0 Å². The molecule has 126 valence electrons. The average Bonchev–Trinajstić information content (AvgIpc) is 3.15. The van der Waals surface area contributed by atoms with Crippen molar-refractivity contribution in [3.63, 3.8) is 0 Å². The van der Waals surface area contributed by atoms with E-state index in [9.17, 15) is 8.42 Å². The number of rotatable bonds is 6. The van der Waals surface area contributed by atoms with Gasteiger partial charge < -0.3 is 9.15 Å². The second-order valence-corrected chi connectivity index (χ2v) is 8.97. The first-order valence-electron chi connectivity index (χ1n) is 6.99. The zero-order chi connectivity index (χ0) is 17.2. The zero-order valence-corrected chi connectivity index (χ0v) is 15.1. The molecule has 8 heteroatoms. The monoisotopic (exact) mass is 383 g/mol. The van der Waals surface area contributed by atoms with E-state index in [1.165, 1.54) is 17.6 Å². The van der Waals surface area contributed by atoms with E-state index >= 15 is 0 Å². The summed E-state index contributed by atoms with van der Waals surface area (Å²) in [6.07, 6.45) is 1.37. The number of halogens is 1. The van der Waals surface area contributed by atoms with Crippen molar-refractivity contribution in [2.45, 2.75) is 11.5 Å². The Hall–Kier alpha value is -1.83. The minimum absolute atomic E-state index is 0.0604. The number of hydrogen-bond donors (Lipinski definition) is 0. The van der Waals surface area contributed by atoms with Gasteiger partial charge in [-0.05, 0) is 36.4 Å². The number of ether oxygens (including phenoxy) is 1. The number of sulfone groups is 1. The van der Waals surface area contributed by atoms with Crippen LogP contribution in [0, 0.1) is 0 Å². The van der Waals surface area contributed by atoms with Crippen molar-refractivity contribution in [1.82, 2.24) is 4.98 Å². The topological polar surface area (TPSA) is 69.4 Å². The van der Waals surface area contributed by atoms with E-state index in [0.29, 0.717) is 20.8 Å². The van der Waals surface area contributed by atoms with E-state index in [2.05, 4.69) is 4.98 Å². The molecule has 0 atom stereocenters. The third-order valence-corrected chi connectivity index (χ3v) is 6.15. The fourth-order valence-electron chi connectivity index (χ4n) is 2.16. The van der Waals surface area contributed by atoms with E-state index in [1.54, 1.807) is 43.5 Å². The van der Waals surface area contributed by atoms with Gasteiger partial charge in [0.2, 0.25) is 5.89 Å². The third-order valence-electron chi connectivity index (χ3n) is 3.25. The van der Waals surface area contributed by atoms with E-state index in [-0.39, 0.29) is 11.5 Å². The Morgan fingerprint density at radius 2 is 1.92 bits per heavy atom. The Morgan fingerprint density at radius 1 is 1.17 bits per heavy atom. The maximum atomic E-state index is 12.3. The number of benzene rings is 1. The van der Waals surface area contributed by atoms with Crippen LogP contribution in [-0.4, -0.2) is 20.5 Å². The van der Waals surface area contributed by atoms with Gasteiger partial charge in [-0.25, -0.2) is 13.4 Å². The van der Waals surface area contributed by atoms with Crippen molar-refractivity contribution in [3.8, 4) is 17.2 Å². The molecular formula is C16H14ClNO4S2. The summed E-state index contributed by atoms with van der Waals surface area (Å²) in [7, 11) is -1.76. The lowest BCUT2D eigenvalue weighted by Gasteiger charge is -2.00. The van der Waals surface area contributed by atoms with Gasteiger partial charge in [0.15, 0.2) is 9.84 Å². The number of oxazole rings is 1. The summed E-state index contributed by atoms with van der Waals surface area (Å²) in [4.78, 5) is 4.97. The van der Waals surface area contributed by atoms with Gasteiger partial charge in [-0.1, -0.05) is 11.6 Å². The number of methoxy groups -OCH3 is 1. The summed E-state index contributed by atoms with van der Waals surface area (Å²) in [6.45, 7) is 0. The van der Waals surface area contributed by atoms with Crippen LogP contribution in [0.4, 0.5) is 0 Å². The number of aromatic nitrogens is 1. The normalized spacial score (nSPS) is 11.6. The molecular weight excluding hydrogens is 370 g/mol. The molecule has 0 N–H and O–H groups in total. The van der Waals surface area contributed by atoms with Gasteiger partial charge in [-0.3, -0.25) is 0 Å². The maximum absolute atomic E-state index is 12.3. The Bertz CT molecular complexity index is 929. The van der Waals surface area contributed by atoms with Crippen LogP contribution in [0.25, 0.3) is 11.5 Å². The molecule has 0 amide bonds. The molecule has 5 nitrogen and oxygen atoms in total. The quantitative estimate of drug-likeness (QED) is 0.638. The van der Waals surface area contributed by atoms with Crippen LogP contribution in [0.15, 0.2) is 47.1 Å². The van der Waals surface area contributed by atoms with Crippen molar-refractivity contribution in [3.05, 3.63) is 57.6 Å². The fourth-order valence-corrected chi connectivity index (χ4v) is 5.03. The molecule has 0 aliphatic rings. The molecule has 1 aromatic carbocycles. The van der Waals surface area contributed by atoms with Crippen LogP contribution in [0.3, 0.4) is 0 Å². The number of nitrogens with zero attached hydrogens (tertiary/aromatic N) is 1. The fraction of sp³-hybridized carbons (Fsp3) is 0.188. The molecule has 0 saturated heterocycles. The average molecular weight is 384 g/mol. The van der Waals surface area contributed by atoms with E-state index in [4.69, 9.17) is 20.8 Å². The second kappa shape index (κ2) is 6.96. The summed E-state index contributed by atoms with van der Waals surface area (Å²) >= 11 is 7.09. The first kappa shape index (κ1) is 17.0. The Morgan fingerprint density at radius 3 is 2.54 bits per heavy atom. The molecule has 2 heterocycles. The predicted molar refractivity (Wildman–Crippen MR) is 94.1 cm³/mol. The Balaban J connectivity index is 1.72. The smallest absolute Gasteiger partial charge is 0.226 e. The van der Waals surface area contributed by atoms with E-state index < -0.39 is 9.84 Å². The van der Waals surface area contributed by atoms with Crippen LogP contribution in [0.2, 0.25) is 4.34 Å². The lowest BCUT2D eigenvalue weighted by atomic mass is 10.2. The lowest BCUT2D eigenvalue weighted by Crippen LogP contribution is -2.06. The molecule has 3 rings (SSSR count). The first-order chi connectivity index (χ1) is 11.4. The van der Waals surface area contributed by atoms with Crippen LogP contribution in [0.1, 0.15) is 10.6 Å². The molecule has 0 aliphatic heterocycles. The summed E-state index contributed by atoms with van der Waals surface area (Å²) in [5.41, 5.74) is 1.13. The Labute approximate surface area is 148 Å². The first-order valence-corrected chi connectivity index (χ1v) is 10.0. The van der Waals surface area contributed by atoms with Gasteiger partial charge in [-0.2, -0.15) is 0 Å². The second-order valence-electron chi connectivity index (χ2n) is 5.11. The minimum atomic E-state index is -3.34. The predicted octanol–water partition coefficient (Wildman–Crippen LogP) is 4.18. The van der Waals surface area contributed by atoms with Gasteiger partial charge in [0, 0.05) is 10.4 Å². The highest BCUT2D eigenvalue weighted by atomic mass is 35.5. The minimum Gasteiger partial charge on any atom is -0.497 e. The molecule has 0 radical (unpaired) electrons. The van der Waals surface area contributed by atoms with Crippen LogP contribution in [-0.2, 0) is 21.3 Å². The van der Waals surface area contributed by atoms with Crippen LogP contribution in [0.5, 0.6) is 5.75 Å².